The molecule has 0 bridgehead atoms. The van der Waals surface area contributed by atoms with Gasteiger partial charge in [-0.25, -0.2) is 13.1 Å². The van der Waals surface area contributed by atoms with Gasteiger partial charge in [0.2, 0.25) is 10.0 Å². The first-order valence-corrected chi connectivity index (χ1v) is 7.42. The van der Waals surface area contributed by atoms with Gasteiger partial charge in [-0.3, -0.25) is 0 Å². The average molecular weight is 288 g/mol. The zero-order valence-electron chi connectivity index (χ0n) is 8.46. The van der Waals surface area contributed by atoms with Crippen molar-refractivity contribution >= 4 is 26.0 Å². The molecule has 0 fully saturated rings. The van der Waals surface area contributed by atoms with Crippen molar-refractivity contribution < 1.29 is 13.2 Å². The first-order chi connectivity index (χ1) is 6.62. The van der Waals surface area contributed by atoms with E-state index in [-0.39, 0.29) is 5.75 Å². The van der Waals surface area contributed by atoms with Crippen molar-refractivity contribution in [1.29, 1.82) is 0 Å². The normalized spacial score (nSPS) is 11.9. The molecule has 0 radical (unpaired) electrons. The van der Waals surface area contributed by atoms with Gasteiger partial charge in [0.1, 0.15) is 0 Å². The molecule has 4 nitrogen and oxygen atoms in total. The molecule has 6 heteroatoms. The van der Waals surface area contributed by atoms with Crippen LogP contribution < -0.4 is 4.72 Å². The van der Waals surface area contributed by atoms with Crippen LogP contribution in [-0.4, -0.2) is 39.8 Å². The first-order valence-electron chi connectivity index (χ1n) is 4.64. The van der Waals surface area contributed by atoms with Gasteiger partial charge in [-0.1, -0.05) is 15.9 Å². The van der Waals surface area contributed by atoms with Crippen LogP contribution in [0.5, 0.6) is 0 Å². The van der Waals surface area contributed by atoms with Crippen LogP contribution >= 0.6 is 15.9 Å². The summed E-state index contributed by atoms with van der Waals surface area (Å²) >= 11 is 3.29. The summed E-state index contributed by atoms with van der Waals surface area (Å²) < 4.78 is 29.9. The summed E-state index contributed by atoms with van der Waals surface area (Å²) in [7, 11) is -1.51. The van der Waals surface area contributed by atoms with E-state index in [1.54, 1.807) is 7.11 Å². The Hall–Kier alpha value is 0.350. The van der Waals surface area contributed by atoms with E-state index in [0.717, 1.165) is 18.2 Å². The summed E-state index contributed by atoms with van der Waals surface area (Å²) in [6, 6.07) is 0. The molecule has 1 N–H and O–H groups in total. The number of sulfonamides is 1. The van der Waals surface area contributed by atoms with Crippen molar-refractivity contribution in [2.75, 3.05) is 31.3 Å². The smallest absolute Gasteiger partial charge is 0.211 e. The number of rotatable bonds is 9. The molecule has 0 aromatic rings. The predicted octanol–water partition coefficient (Wildman–Crippen LogP) is 1.12. The molecule has 86 valence electrons. The highest BCUT2D eigenvalue weighted by atomic mass is 79.9. The van der Waals surface area contributed by atoms with E-state index in [1.807, 2.05) is 0 Å². The summed E-state index contributed by atoms with van der Waals surface area (Å²) in [5.41, 5.74) is 0. The van der Waals surface area contributed by atoms with Gasteiger partial charge in [-0.2, -0.15) is 0 Å². The summed E-state index contributed by atoms with van der Waals surface area (Å²) in [4.78, 5) is 0. The number of unbranched alkanes of at least 4 members (excludes halogenated alkanes) is 1. The Morgan fingerprint density at radius 3 is 2.57 bits per heavy atom. The monoisotopic (exact) mass is 287 g/mol. The quantitative estimate of drug-likeness (QED) is 0.511. The standard InChI is InChI=1S/C8H18BrNO3S/c1-13-7-4-8-14(11,12)10-6-3-2-5-9/h10H,2-8H2,1H3. The molecule has 0 aliphatic carbocycles. The summed E-state index contributed by atoms with van der Waals surface area (Å²) in [6.45, 7) is 1.02. The average Bonchev–Trinajstić information content (AvgIpc) is 2.13. The number of alkyl halides is 1. The van der Waals surface area contributed by atoms with Gasteiger partial charge in [-0.15, -0.1) is 0 Å². The third-order valence-electron chi connectivity index (χ3n) is 1.64. The van der Waals surface area contributed by atoms with E-state index >= 15 is 0 Å². The summed E-state index contributed by atoms with van der Waals surface area (Å²) in [5, 5.41) is 0.915. The van der Waals surface area contributed by atoms with E-state index in [9.17, 15) is 8.42 Å². The van der Waals surface area contributed by atoms with E-state index < -0.39 is 10.0 Å². The highest BCUT2D eigenvalue weighted by molar-refractivity contribution is 9.09. The van der Waals surface area contributed by atoms with Crippen molar-refractivity contribution in [2.24, 2.45) is 0 Å². The molecule has 0 amide bonds. The van der Waals surface area contributed by atoms with Crippen molar-refractivity contribution in [3.63, 3.8) is 0 Å². The fraction of sp³-hybridized carbons (Fsp3) is 1.00. The molecule has 0 heterocycles. The minimum absolute atomic E-state index is 0.148. The second kappa shape index (κ2) is 8.64. The van der Waals surface area contributed by atoms with Gasteiger partial charge in [-0.05, 0) is 19.3 Å². The molecule has 0 aliphatic rings. The van der Waals surface area contributed by atoms with Crippen molar-refractivity contribution in [1.82, 2.24) is 4.72 Å². The van der Waals surface area contributed by atoms with Crippen molar-refractivity contribution in [2.45, 2.75) is 19.3 Å². The SMILES string of the molecule is COCCCS(=O)(=O)NCCCCBr. The van der Waals surface area contributed by atoms with Crippen LogP contribution in [0.3, 0.4) is 0 Å². The van der Waals surface area contributed by atoms with E-state index in [0.29, 0.717) is 19.6 Å². The van der Waals surface area contributed by atoms with E-state index in [2.05, 4.69) is 20.7 Å². The Morgan fingerprint density at radius 2 is 2.00 bits per heavy atom. The van der Waals surface area contributed by atoms with Gasteiger partial charge in [0.25, 0.3) is 0 Å². The minimum Gasteiger partial charge on any atom is -0.385 e. The van der Waals surface area contributed by atoms with Crippen LogP contribution in [-0.2, 0) is 14.8 Å². The molecule has 0 atom stereocenters. The molecule has 0 saturated carbocycles. The lowest BCUT2D eigenvalue weighted by Crippen LogP contribution is -2.27. The van der Waals surface area contributed by atoms with Crippen LogP contribution in [0.1, 0.15) is 19.3 Å². The van der Waals surface area contributed by atoms with Gasteiger partial charge in [0.05, 0.1) is 5.75 Å². The number of hydrogen-bond donors (Lipinski definition) is 1. The Morgan fingerprint density at radius 1 is 1.29 bits per heavy atom. The van der Waals surface area contributed by atoms with Crippen molar-refractivity contribution in [3.8, 4) is 0 Å². The minimum atomic E-state index is -3.08. The molecule has 0 aromatic carbocycles. The number of methoxy groups -OCH3 is 1. The van der Waals surface area contributed by atoms with Crippen LogP contribution in [0.25, 0.3) is 0 Å². The molecule has 0 spiro atoms. The van der Waals surface area contributed by atoms with Gasteiger partial charge < -0.3 is 4.74 Å². The Balaban J connectivity index is 3.52. The fourth-order valence-electron chi connectivity index (χ4n) is 0.913. The molecular weight excluding hydrogens is 270 g/mol. The number of nitrogens with one attached hydrogen (secondary N) is 1. The maximum atomic E-state index is 11.3. The number of hydrogen-bond acceptors (Lipinski definition) is 3. The predicted molar refractivity (Wildman–Crippen MR) is 61.3 cm³/mol. The molecule has 0 saturated heterocycles. The van der Waals surface area contributed by atoms with Gasteiger partial charge >= 0.3 is 0 Å². The van der Waals surface area contributed by atoms with Crippen molar-refractivity contribution in [3.05, 3.63) is 0 Å². The maximum Gasteiger partial charge on any atom is 0.211 e. The second-order valence-electron chi connectivity index (χ2n) is 2.96. The fourth-order valence-corrected chi connectivity index (χ4v) is 2.41. The van der Waals surface area contributed by atoms with Crippen LogP contribution in [0, 0.1) is 0 Å². The number of ether oxygens (including phenoxy) is 1. The van der Waals surface area contributed by atoms with E-state index in [1.165, 1.54) is 0 Å². The molecule has 0 unspecified atom stereocenters. The topological polar surface area (TPSA) is 55.4 Å². The lowest BCUT2D eigenvalue weighted by atomic mass is 10.3. The molecular formula is C8H18BrNO3S. The molecule has 0 aromatic heterocycles. The molecule has 0 rings (SSSR count). The zero-order valence-corrected chi connectivity index (χ0v) is 10.9. The third-order valence-corrected chi connectivity index (χ3v) is 3.67. The van der Waals surface area contributed by atoms with Crippen LogP contribution in [0.15, 0.2) is 0 Å². The highest BCUT2D eigenvalue weighted by Gasteiger charge is 2.07. The lowest BCUT2D eigenvalue weighted by Gasteiger charge is -2.05. The van der Waals surface area contributed by atoms with E-state index in [4.69, 9.17) is 4.74 Å². The lowest BCUT2D eigenvalue weighted by molar-refractivity contribution is 0.199. The summed E-state index contributed by atoms with van der Waals surface area (Å²) in [5.74, 6) is 0.148. The van der Waals surface area contributed by atoms with Gasteiger partial charge in [0, 0.05) is 25.6 Å². The summed E-state index contributed by atoms with van der Waals surface area (Å²) in [6.07, 6.45) is 2.40. The number of halogens is 1. The first kappa shape index (κ1) is 14.3. The second-order valence-corrected chi connectivity index (χ2v) is 5.68. The molecule has 14 heavy (non-hydrogen) atoms. The maximum absolute atomic E-state index is 11.3. The Labute approximate surface area is 94.6 Å². The zero-order chi connectivity index (χ0) is 10.9. The Bertz CT molecular complexity index is 219. The third kappa shape index (κ3) is 8.93. The highest BCUT2D eigenvalue weighted by Crippen LogP contribution is 1.94. The molecule has 0 aliphatic heterocycles. The largest absolute Gasteiger partial charge is 0.385 e. The Kier molecular flexibility index (Phi) is 8.86. The van der Waals surface area contributed by atoms with Gasteiger partial charge in [0.15, 0.2) is 0 Å². The van der Waals surface area contributed by atoms with Crippen LogP contribution in [0.4, 0.5) is 0 Å². The van der Waals surface area contributed by atoms with Crippen LogP contribution in [0.2, 0.25) is 0 Å².